The minimum atomic E-state index is -0.921. The van der Waals surface area contributed by atoms with Crippen molar-refractivity contribution in [3.8, 4) is 5.75 Å². The number of aliphatic carboxylic acids is 1. The van der Waals surface area contributed by atoms with Crippen LogP contribution in [0.25, 0.3) is 0 Å². The zero-order chi connectivity index (χ0) is 17.4. The molecule has 6 heteroatoms. The van der Waals surface area contributed by atoms with Gasteiger partial charge in [-0.2, -0.15) is 0 Å². The SMILES string of the molecule is CCCC(CNC(=O)C(C)Oc1cccc(C(C)=O)c1)C(=O)O. The predicted molar refractivity (Wildman–Crippen MR) is 85.6 cm³/mol. The van der Waals surface area contributed by atoms with E-state index in [0.717, 1.165) is 6.42 Å². The van der Waals surface area contributed by atoms with Gasteiger partial charge in [0.2, 0.25) is 0 Å². The van der Waals surface area contributed by atoms with E-state index in [4.69, 9.17) is 9.84 Å². The largest absolute Gasteiger partial charge is 0.481 e. The number of ether oxygens (including phenoxy) is 1. The fourth-order valence-corrected chi connectivity index (χ4v) is 2.07. The Bertz CT molecular complexity index is 570. The molecule has 0 saturated heterocycles. The molecular weight excluding hydrogens is 298 g/mol. The van der Waals surface area contributed by atoms with E-state index in [1.165, 1.54) is 6.92 Å². The lowest BCUT2D eigenvalue weighted by atomic mass is 10.0. The minimum Gasteiger partial charge on any atom is -0.481 e. The molecule has 0 heterocycles. The molecule has 1 aromatic rings. The van der Waals surface area contributed by atoms with Crippen molar-refractivity contribution in [1.29, 1.82) is 0 Å². The second kappa shape index (κ2) is 8.92. The Balaban J connectivity index is 2.58. The topological polar surface area (TPSA) is 92.7 Å². The Morgan fingerprint density at radius 3 is 2.57 bits per heavy atom. The van der Waals surface area contributed by atoms with E-state index in [0.29, 0.717) is 17.7 Å². The Kier molecular flexibility index (Phi) is 7.25. The second-order valence-electron chi connectivity index (χ2n) is 5.41. The molecule has 0 bridgehead atoms. The lowest BCUT2D eigenvalue weighted by Gasteiger charge is -2.17. The first-order valence-corrected chi connectivity index (χ1v) is 7.63. The first-order valence-electron chi connectivity index (χ1n) is 7.63. The maximum absolute atomic E-state index is 12.0. The quantitative estimate of drug-likeness (QED) is 0.681. The lowest BCUT2D eigenvalue weighted by Crippen LogP contribution is -2.40. The van der Waals surface area contributed by atoms with Crippen LogP contribution in [0.15, 0.2) is 24.3 Å². The molecule has 0 radical (unpaired) electrons. The summed E-state index contributed by atoms with van der Waals surface area (Å²) in [6.07, 6.45) is 0.454. The number of hydrogen-bond donors (Lipinski definition) is 2. The smallest absolute Gasteiger partial charge is 0.308 e. The van der Waals surface area contributed by atoms with Gasteiger partial charge in [-0.25, -0.2) is 0 Å². The molecule has 1 rings (SSSR count). The molecule has 6 nitrogen and oxygen atoms in total. The molecule has 23 heavy (non-hydrogen) atoms. The van der Waals surface area contributed by atoms with Crippen molar-refractivity contribution in [1.82, 2.24) is 5.32 Å². The average Bonchev–Trinajstić information content (AvgIpc) is 2.50. The van der Waals surface area contributed by atoms with E-state index in [1.807, 2.05) is 6.92 Å². The first kappa shape index (κ1) is 18.7. The third kappa shape index (κ3) is 6.10. The van der Waals surface area contributed by atoms with Gasteiger partial charge in [-0.15, -0.1) is 0 Å². The van der Waals surface area contributed by atoms with Crippen LogP contribution in [0.5, 0.6) is 5.75 Å². The Morgan fingerprint density at radius 2 is 2.00 bits per heavy atom. The molecule has 2 atom stereocenters. The molecule has 2 N–H and O–H groups in total. The summed E-state index contributed by atoms with van der Waals surface area (Å²) in [5, 5.41) is 11.7. The maximum Gasteiger partial charge on any atom is 0.308 e. The molecule has 0 saturated carbocycles. The summed E-state index contributed by atoms with van der Waals surface area (Å²) < 4.78 is 5.51. The van der Waals surface area contributed by atoms with Crippen molar-refractivity contribution >= 4 is 17.7 Å². The van der Waals surface area contributed by atoms with Gasteiger partial charge in [-0.3, -0.25) is 14.4 Å². The summed E-state index contributed by atoms with van der Waals surface area (Å²) in [5.74, 6) is -1.58. The molecule has 1 aromatic carbocycles. The number of Topliss-reactive ketones (excluding diaryl/α,β-unsaturated/α-hetero) is 1. The molecule has 0 aliphatic heterocycles. The number of carboxylic acid groups (broad SMARTS) is 1. The van der Waals surface area contributed by atoms with Crippen LogP contribution in [0.2, 0.25) is 0 Å². The highest BCUT2D eigenvalue weighted by Crippen LogP contribution is 2.15. The summed E-state index contributed by atoms with van der Waals surface area (Å²) in [7, 11) is 0. The Labute approximate surface area is 135 Å². The van der Waals surface area contributed by atoms with E-state index in [9.17, 15) is 14.4 Å². The number of ketones is 1. The molecule has 126 valence electrons. The van der Waals surface area contributed by atoms with Crippen molar-refractivity contribution < 1.29 is 24.2 Å². The van der Waals surface area contributed by atoms with Gasteiger partial charge in [0.25, 0.3) is 5.91 Å². The lowest BCUT2D eigenvalue weighted by molar-refractivity contribution is -0.142. The monoisotopic (exact) mass is 321 g/mol. The van der Waals surface area contributed by atoms with Crippen LogP contribution < -0.4 is 10.1 Å². The van der Waals surface area contributed by atoms with Crippen LogP contribution in [-0.2, 0) is 9.59 Å². The number of benzene rings is 1. The second-order valence-corrected chi connectivity index (χ2v) is 5.41. The van der Waals surface area contributed by atoms with Crippen molar-refractivity contribution in [3.63, 3.8) is 0 Å². The standard InChI is InChI=1S/C17H23NO5/c1-4-6-14(17(21)22)10-18-16(20)12(3)23-15-8-5-7-13(9-15)11(2)19/h5,7-9,12,14H,4,6,10H2,1-3H3,(H,18,20)(H,21,22). The zero-order valence-corrected chi connectivity index (χ0v) is 13.7. The molecule has 0 aliphatic carbocycles. The van der Waals surface area contributed by atoms with Crippen LogP contribution in [0.4, 0.5) is 0 Å². The maximum atomic E-state index is 12.0. The van der Waals surface area contributed by atoms with Gasteiger partial charge in [-0.1, -0.05) is 25.5 Å². The van der Waals surface area contributed by atoms with E-state index in [2.05, 4.69) is 5.32 Å². The average molecular weight is 321 g/mol. The molecule has 0 fully saturated rings. The number of carbonyl (C=O) groups is 3. The van der Waals surface area contributed by atoms with Gasteiger partial charge >= 0.3 is 5.97 Å². The van der Waals surface area contributed by atoms with E-state index >= 15 is 0 Å². The molecule has 0 aliphatic rings. The highest BCUT2D eigenvalue weighted by Gasteiger charge is 2.20. The number of nitrogens with one attached hydrogen (secondary N) is 1. The number of hydrogen-bond acceptors (Lipinski definition) is 4. The van der Waals surface area contributed by atoms with Crippen LogP contribution in [0.1, 0.15) is 44.0 Å². The Hall–Kier alpha value is -2.37. The third-order valence-electron chi connectivity index (χ3n) is 3.43. The predicted octanol–water partition coefficient (Wildman–Crippen LogP) is 2.27. The van der Waals surface area contributed by atoms with E-state index in [-0.39, 0.29) is 18.2 Å². The summed E-state index contributed by atoms with van der Waals surface area (Å²) in [6, 6.07) is 6.58. The van der Waals surface area contributed by atoms with Gasteiger partial charge in [0.1, 0.15) is 5.75 Å². The van der Waals surface area contributed by atoms with Crippen molar-refractivity contribution in [2.75, 3.05) is 6.54 Å². The summed E-state index contributed by atoms with van der Waals surface area (Å²) in [4.78, 5) is 34.4. The summed E-state index contributed by atoms with van der Waals surface area (Å²) >= 11 is 0. The Morgan fingerprint density at radius 1 is 1.30 bits per heavy atom. The molecular formula is C17H23NO5. The van der Waals surface area contributed by atoms with Crippen LogP contribution >= 0.6 is 0 Å². The van der Waals surface area contributed by atoms with Gasteiger partial charge in [-0.05, 0) is 32.4 Å². The third-order valence-corrected chi connectivity index (χ3v) is 3.43. The van der Waals surface area contributed by atoms with Crippen molar-refractivity contribution in [2.45, 2.75) is 39.7 Å². The van der Waals surface area contributed by atoms with Crippen LogP contribution in [0, 0.1) is 5.92 Å². The number of rotatable bonds is 9. The normalized spacial score (nSPS) is 13.0. The van der Waals surface area contributed by atoms with Gasteiger partial charge in [0.15, 0.2) is 11.9 Å². The minimum absolute atomic E-state index is 0.0726. The van der Waals surface area contributed by atoms with Crippen LogP contribution in [0.3, 0.4) is 0 Å². The highest BCUT2D eigenvalue weighted by molar-refractivity contribution is 5.94. The highest BCUT2D eigenvalue weighted by atomic mass is 16.5. The number of carbonyl (C=O) groups excluding carboxylic acids is 2. The van der Waals surface area contributed by atoms with Gasteiger partial charge in [0, 0.05) is 12.1 Å². The number of carboxylic acids is 1. The van der Waals surface area contributed by atoms with E-state index in [1.54, 1.807) is 31.2 Å². The first-order chi connectivity index (χ1) is 10.8. The molecule has 2 unspecified atom stereocenters. The zero-order valence-electron chi connectivity index (χ0n) is 13.7. The van der Waals surface area contributed by atoms with E-state index < -0.39 is 18.0 Å². The fourth-order valence-electron chi connectivity index (χ4n) is 2.07. The molecule has 1 amide bonds. The van der Waals surface area contributed by atoms with Gasteiger partial charge in [0.05, 0.1) is 5.92 Å². The fraction of sp³-hybridized carbons (Fsp3) is 0.471. The van der Waals surface area contributed by atoms with Gasteiger partial charge < -0.3 is 15.2 Å². The summed E-state index contributed by atoms with van der Waals surface area (Å²) in [5.41, 5.74) is 0.504. The number of amides is 1. The van der Waals surface area contributed by atoms with Crippen molar-refractivity contribution in [3.05, 3.63) is 29.8 Å². The summed E-state index contributed by atoms with van der Waals surface area (Å²) in [6.45, 7) is 5.00. The molecule has 0 aromatic heterocycles. The van der Waals surface area contributed by atoms with Crippen molar-refractivity contribution in [2.24, 2.45) is 5.92 Å². The van der Waals surface area contributed by atoms with Crippen LogP contribution in [-0.4, -0.2) is 35.4 Å². The molecule has 0 spiro atoms.